The first kappa shape index (κ1) is 20.5. The van der Waals surface area contributed by atoms with Crippen molar-refractivity contribution in [2.45, 2.75) is 88.0 Å². The second-order valence-corrected chi connectivity index (χ2v) is 11.0. The molecule has 6 heteroatoms. The molecule has 1 amide bonds. The van der Waals surface area contributed by atoms with Gasteiger partial charge in [-0.25, -0.2) is 0 Å². The molecule has 1 saturated carbocycles. The van der Waals surface area contributed by atoms with Crippen LogP contribution in [0.3, 0.4) is 0 Å². The Kier molecular flexibility index (Phi) is 4.04. The lowest BCUT2D eigenvalue weighted by molar-refractivity contribution is -0.126. The summed E-state index contributed by atoms with van der Waals surface area (Å²) in [6.07, 6.45) is 7.60. The van der Waals surface area contributed by atoms with Gasteiger partial charge in [-0.1, -0.05) is 51.3 Å². The molecule has 6 nitrogen and oxygen atoms in total. The molecule has 0 aromatic heterocycles. The molecule has 3 aliphatic heterocycles. The van der Waals surface area contributed by atoms with Gasteiger partial charge < -0.3 is 15.4 Å². The predicted molar refractivity (Wildman–Crippen MR) is 123 cm³/mol. The summed E-state index contributed by atoms with van der Waals surface area (Å²) >= 11 is 0. The fourth-order valence-electron chi connectivity index (χ4n) is 7.53. The van der Waals surface area contributed by atoms with E-state index >= 15 is 0 Å². The molecule has 1 aromatic carbocycles. The molecular formula is C27H29N3O3. The number of para-hydroxylation sites is 1. The Morgan fingerprint density at radius 2 is 1.79 bits per heavy atom. The van der Waals surface area contributed by atoms with Gasteiger partial charge in [0.25, 0.3) is 0 Å². The van der Waals surface area contributed by atoms with Crippen molar-refractivity contribution in [1.82, 2.24) is 0 Å². The number of amides is 1. The molecule has 1 fully saturated rings. The van der Waals surface area contributed by atoms with Crippen molar-refractivity contribution in [3.8, 4) is 6.07 Å². The van der Waals surface area contributed by atoms with E-state index in [2.05, 4.69) is 26.0 Å². The number of rotatable bonds is 0. The van der Waals surface area contributed by atoms with Crippen LogP contribution in [-0.4, -0.2) is 17.2 Å². The number of carbonyl (C=O) groups is 2. The van der Waals surface area contributed by atoms with Crippen molar-refractivity contribution in [3.05, 3.63) is 52.1 Å². The molecule has 0 bridgehead atoms. The van der Waals surface area contributed by atoms with Crippen LogP contribution in [-0.2, 0) is 25.2 Å². The molecule has 3 heterocycles. The topological polar surface area (TPSA) is 96.4 Å². The van der Waals surface area contributed by atoms with Gasteiger partial charge in [0.15, 0.2) is 5.78 Å². The van der Waals surface area contributed by atoms with Crippen LogP contribution in [0, 0.1) is 11.3 Å². The zero-order valence-corrected chi connectivity index (χ0v) is 19.3. The summed E-state index contributed by atoms with van der Waals surface area (Å²) in [4.78, 5) is 30.2. The maximum Gasteiger partial charge on any atom is 0.248 e. The van der Waals surface area contributed by atoms with Crippen molar-refractivity contribution < 1.29 is 14.3 Å². The highest BCUT2D eigenvalue weighted by Gasteiger charge is 2.67. The first-order valence-corrected chi connectivity index (χ1v) is 12.1. The van der Waals surface area contributed by atoms with Gasteiger partial charge in [-0.3, -0.25) is 9.59 Å². The van der Waals surface area contributed by atoms with E-state index in [4.69, 9.17) is 10.5 Å². The number of nitrogens with two attached hydrogens (primary N) is 1. The number of hydrogen-bond donors (Lipinski definition) is 1. The third-order valence-corrected chi connectivity index (χ3v) is 8.65. The fraction of sp³-hybridized carbons (Fsp3) is 0.519. The van der Waals surface area contributed by atoms with Crippen LogP contribution in [0.15, 0.2) is 41.0 Å². The number of nitrogens with zero attached hydrogens (tertiary/aromatic N) is 2. The molecule has 1 atom stereocenters. The van der Waals surface area contributed by atoms with Gasteiger partial charge in [-0.2, -0.15) is 5.26 Å². The zero-order chi connectivity index (χ0) is 23.2. The molecule has 170 valence electrons. The number of benzene rings is 1. The lowest BCUT2D eigenvalue weighted by atomic mass is 9.64. The maximum atomic E-state index is 14.8. The van der Waals surface area contributed by atoms with Crippen LogP contribution in [0.4, 0.5) is 5.69 Å². The largest absolute Gasteiger partial charge is 0.444 e. The van der Waals surface area contributed by atoms with Gasteiger partial charge in [0.05, 0.1) is 11.3 Å². The predicted octanol–water partition coefficient (Wildman–Crippen LogP) is 4.39. The number of nitriles is 1. The summed E-state index contributed by atoms with van der Waals surface area (Å²) in [5.41, 5.74) is 7.50. The van der Waals surface area contributed by atoms with E-state index in [0.717, 1.165) is 48.9 Å². The molecule has 0 radical (unpaired) electrons. The van der Waals surface area contributed by atoms with Crippen LogP contribution in [0.5, 0.6) is 0 Å². The third-order valence-electron chi connectivity index (χ3n) is 8.65. The molecule has 2 spiro atoms. The Morgan fingerprint density at radius 3 is 2.52 bits per heavy atom. The number of fused-ring (bicyclic) bond motifs is 3. The normalized spacial score (nSPS) is 29.2. The van der Waals surface area contributed by atoms with Crippen LogP contribution < -0.4 is 10.6 Å². The van der Waals surface area contributed by atoms with Crippen LogP contribution >= 0.6 is 0 Å². The van der Waals surface area contributed by atoms with E-state index in [1.807, 2.05) is 17.0 Å². The van der Waals surface area contributed by atoms with Crippen LogP contribution in [0.2, 0.25) is 0 Å². The van der Waals surface area contributed by atoms with Crippen molar-refractivity contribution in [2.24, 2.45) is 5.73 Å². The summed E-state index contributed by atoms with van der Waals surface area (Å²) in [7, 11) is 0. The van der Waals surface area contributed by atoms with Crippen molar-refractivity contribution in [3.63, 3.8) is 0 Å². The molecule has 33 heavy (non-hydrogen) atoms. The average molecular weight is 444 g/mol. The number of anilines is 1. The number of ketones is 1. The monoisotopic (exact) mass is 443 g/mol. The first-order valence-electron chi connectivity index (χ1n) is 12.1. The first-order chi connectivity index (χ1) is 15.8. The van der Waals surface area contributed by atoms with Crippen molar-refractivity contribution in [2.75, 3.05) is 4.90 Å². The third kappa shape index (κ3) is 2.33. The highest BCUT2D eigenvalue weighted by atomic mass is 16.5. The number of carbonyl (C=O) groups excluding carboxylic acids is 2. The van der Waals surface area contributed by atoms with Gasteiger partial charge in [0, 0.05) is 23.9 Å². The molecule has 2 aliphatic carbocycles. The van der Waals surface area contributed by atoms with E-state index in [-0.39, 0.29) is 34.1 Å². The second-order valence-electron chi connectivity index (χ2n) is 11.0. The van der Waals surface area contributed by atoms with Gasteiger partial charge in [-0.05, 0) is 36.7 Å². The molecule has 0 unspecified atom stereocenters. The Labute approximate surface area is 194 Å². The second kappa shape index (κ2) is 6.50. The minimum Gasteiger partial charge on any atom is -0.444 e. The number of allylic oxidation sites excluding steroid dienone is 1. The van der Waals surface area contributed by atoms with Gasteiger partial charge in [0.1, 0.15) is 22.8 Å². The average Bonchev–Trinajstić information content (AvgIpc) is 3.03. The Hall–Kier alpha value is -3.07. The Bertz CT molecular complexity index is 1230. The summed E-state index contributed by atoms with van der Waals surface area (Å²) in [5.74, 6) is 0.117. The molecular weight excluding hydrogens is 414 g/mol. The van der Waals surface area contributed by atoms with E-state index in [1.54, 1.807) is 0 Å². The van der Waals surface area contributed by atoms with Crippen molar-refractivity contribution in [1.29, 1.82) is 5.26 Å². The number of hydrogen-bond acceptors (Lipinski definition) is 5. The van der Waals surface area contributed by atoms with Crippen molar-refractivity contribution >= 4 is 17.4 Å². The number of Topliss-reactive ketones (excluding diaryl/α,β-unsaturated/α-hetero) is 1. The minimum absolute atomic E-state index is 0.0475. The Morgan fingerprint density at radius 1 is 1.06 bits per heavy atom. The maximum absolute atomic E-state index is 14.8. The summed E-state index contributed by atoms with van der Waals surface area (Å²) in [6, 6.07) is 8.19. The number of ether oxygens (including phenoxy) is 1. The van der Waals surface area contributed by atoms with Crippen LogP contribution in [0.25, 0.3) is 0 Å². The van der Waals surface area contributed by atoms with E-state index < -0.39 is 5.41 Å². The lowest BCUT2D eigenvalue weighted by Gasteiger charge is -2.54. The molecule has 2 N–H and O–H groups in total. The van der Waals surface area contributed by atoms with E-state index in [9.17, 15) is 14.9 Å². The highest BCUT2D eigenvalue weighted by molar-refractivity contribution is 6.21. The molecule has 6 rings (SSSR count). The fourth-order valence-corrected chi connectivity index (χ4v) is 7.53. The summed E-state index contributed by atoms with van der Waals surface area (Å²) < 4.78 is 5.83. The lowest BCUT2D eigenvalue weighted by Crippen LogP contribution is -2.60. The quantitative estimate of drug-likeness (QED) is 0.642. The van der Waals surface area contributed by atoms with Crippen LogP contribution in [0.1, 0.15) is 82.8 Å². The SMILES string of the molecule is CC1(C)CC2(CCCCC2)N2C(=O)[C@@]3(C(C#N)=C(N)OC4=C3C(=O)CCC4)c3cccc1c32. The molecule has 5 aliphatic rings. The van der Waals surface area contributed by atoms with Gasteiger partial charge in [-0.15, -0.1) is 0 Å². The minimum atomic E-state index is -1.50. The molecule has 0 saturated heterocycles. The highest BCUT2D eigenvalue weighted by Crippen LogP contribution is 2.63. The zero-order valence-electron chi connectivity index (χ0n) is 19.3. The van der Waals surface area contributed by atoms with Gasteiger partial charge >= 0.3 is 0 Å². The Balaban J connectivity index is 1.73. The standard InChI is InChI=1S/C27H29N3O3/c1-25(2)15-26(12-4-3-5-13-26)30-22-16(25)8-6-9-17(22)27(24(30)32)18(14-28)23(29)33-20-11-7-10-19(31)21(20)27/h6,8-9H,3-5,7,10-13,15,29H2,1-2H3/t27-/m1/s1. The van der Waals surface area contributed by atoms with E-state index in [0.29, 0.717) is 30.6 Å². The smallest absolute Gasteiger partial charge is 0.248 e. The van der Waals surface area contributed by atoms with E-state index in [1.165, 1.54) is 6.42 Å². The molecule has 1 aromatic rings. The summed E-state index contributed by atoms with van der Waals surface area (Å²) in [6.45, 7) is 4.50. The summed E-state index contributed by atoms with van der Waals surface area (Å²) in [5, 5.41) is 10.3. The van der Waals surface area contributed by atoms with Gasteiger partial charge in [0.2, 0.25) is 11.8 Å².